The van der Waals surface area contributed by atoms with Crippen molar-refractivity contribution in [1.29, 1.82) is 0 Å². The Hall–Kier alpha value is -3.15. The summed E-state index contributed by atoms with van der Waals surface area (Å²) in [7, 11) is 0. The van der Waals surface area contributed by atoms with Crippen LogP contribution in [-0.2, 0) is 28.6 Å². The van der Waals surface area contributed by atoms with Crippen molar-refractivity contribution >= 4 is 17.9 Å². The summed E-state index contributed by atoms with van der Waals surface area (Å²) in [4.78, 5) is 37.9. The van der Waals surface area contributed by atoms with Gasteiger partial charge in [-0.3, -0.25) is 14.4 Å². The highest BCUT2D eigenvalue weighted by atomic mass is 16.6. The summed E-state index contributed by atoms with van der Waals surface area (Å²) < 4.78 is 16.7. The van der Waals surface area contributed by atoms with E-state index in [9.17, 15) is 14.4 Å². The molecule has 1 unspecified atom stereocenters. The highest BCUT2D eigenvalue weighted by Crippen LogP contribution is 2.15. The lowest BCUT2D eigenvalue weighted by Crippen LogP contribution is -2.30. The van der Waals surface area contributed by atoms with Gasteiger partial charge >= 0.3 is 17.9 Å². The summed E-state index contributed by atoms with van der Waals surface area (Å²) in [6.07, 6.45) is 63.2. The minimum Gasteiger partial charge on any atom is -0.462 e. The predicted molar refractivity (Wildman–Crippen MR) is 265 cm³/mol. The van der Waals surface area contributed by atoms with E-state index in [-0.39, 0.29) is 37.5 Å². The van der Waals surface area contributed by atoms with Gasteiger partial charge in [-0.1, -0.05) is 241 Å². The highest BCUT2D eigenvalue weighted by Gasteiger charge is 2.19. The van der Waals surface area contributed by atoms with E-state index in [1.807, 2.05) is 24.3 Å². The van der Waals surface area contributed by atoms with Gasteiger partial charge in [0.2, 0.25) is 0 Å². The number of unbranched alkanes of at least 4 members (excludes halogenated alkanes) is 26. The first-order valence-corrected chi connectivity index (χ1v) is 26.0. The number of ether oxygens (including phenoxy) is 3. The number of rotatable bonds is 46. The van der Waals surface area contributed by atoms with Crippen LogP contribution in [0.5, 0.6) is 0 Å². The average Bonchev–Trinajstić information content (AvgIpc) is 3.27. The molecular formula is C56H96O6. The summed E-state index contributed by atoms with van der Waals surface area (Å²) in [5.74, 6) is -0.992. The number of esters is 3. The zero-order valence-electron chi connectivity index (χ0n) is 40.6. The molecule has 0 bridgehead atoms. The molecule has 1 atom stereocenters. The summed E-state index contributed by atoms with van der Waals surface area (Å²) in [6, 6.07) is 0. The summed E-state index contributed by atoms with van der Waals surface area (Å²) in [6.45, 7) is 6.43. The monoisotopic (exact) mass is 865 g/mol. The van der Waals surface area contributed by atoms with E-state index >= 15 is 0 Å². The molecule has 0 aromatic carbocycles. The van der Waals surface area contributed by atoms with E-state index < -0.39 is 6.10 Å². The van der Waals surface area contributed by atoms with Crippen LogP contribution in [0.25, 0.3) is 0 Å². The Balaban J connectivity index is 4.46. The first kappa shape index (κ1) is 58.9. The number of hydrogen-bond donors (Lipinski definition) is 0. The molecule has 6 nitrogen and oxygen atoms in total. The molecule has 0 aliphatic heterocycles. The van der Waals surface area contributed by atoms with E-state index in [4.69, 9.17) is 14.2 Å². The van der Waals surface area contributed by atoms with Crippen molar-refractivity contribution in [1.82, 2.24) is 0 Å². The molecule has 0 rings (SSSR count). The first-order valence-electron chi connectivity index (χ1n) is 26.0. The molecule has 0 saturated heterocycles. The average molecular weight is 865 g/mol. The lowest BCUT2D eigenvalue weighted by Gasteiger charge is -2.18. The van der Waals surface area contributed by atoms with Crippen molar-refractivity contribution < 1.29 is 28.6 Å². The SMILES string of the molecule is CC\C=C/C=C\C=C/C=C\CCCCCCCC(=O)OC(COC(=O)CC/C=C\C/C=C\CCCCCCCC)COC(=O)CCCCCCCCCCCCCCCCCC. The van der Waals surface area contributed by atoms with Crippen LogP contribution in [0.15, 0.2) is 72.9 Å². The molecule has 0 aliphatic rings. The van der Waals surface area contributed by atoms with Gasteiger partial charge in [0, 0.05) is 19.3 Å². The Morgan fingerprint density at radius 3 is 1.21 bits per heavy atom. The maximum absolute atomic E-state index is 12.8. The third-order valence-corrected chi connectivity index (χ3v) is 11.1. The van der Waals surface area contributed by atoms with Gasteiger partial charge in [-0.15, -0.1) is 0 Å². The fourth-order valence-electron chi connectivity index (χ4n) is 7.15. The second-order valence-corrected chi connectivity index (χ2v) is 17.1. The summed E-state index contributed by atoms with van der Waals surface area (Å²) in [5, 5.41) is 0. The van der Waals surface area contributed by atoms with E-state index in [0.29, 0.717) is 19.3 Å². The van der Waals surface area contributed by atoms with Gasteiger partial charge in [0.1, 0.15) is 13.2 Å². The molecule has 0 radical (unpaired) electrons. The molecule has 0 aromatic rings. The highest BCUT2D eigenvalue weighted by molar-refractivity contribution is 5.71. The zero-order chi connectivity index (χ0) is 45.1. The second kappa shape index (κ2) is 50.5. The Labute approximate surface area is 382 Å². The van der Waals surface area contributed by atoms with Crippen molar-refractivity contribution in [2.75, 3.05) is 13.2 Å². The third-order valence-electron chi connectivity index (χ3n) is 11.1. The molecule has 0 amide bonds. The number of carbonyl (C=O) groups is 3. The Morgan fingerprint density at radius 1 is 0.355 bits per heavy atom. The smallest absolute Gasteiger partial charge is 0.306 e. The number of hydrogen-bond acceptors (Lipinski definition) is 6. The van der Waals surface area contributed by atoms with Crippen molar-refractivity contribution in [3.05, 3.63) is 72.9 Å². The normalized spacial score (nSPS) is 12.6. The van der Waals surface area contributed by atoms with Crippen molar-refractivity contribution in [3.63, 3.8) is 0 Å². The number of allylic oxidation sites excluding steroid dienone is 12. The summed E-state index contributed by atoms with van der Waals surface area (Å²) >= 11 is 0. The van der Waals surface area contributed by atoms with E-state index in [1.54, 1.807) is 0 Å². The van der Waals surface area contributed by atoms with Gasteiger partial charge in [-0.25, -0.2) is 0 Å². The largest absolute Gasteiger partial charge is 0.462 e. The van der Waals surface area contributed by atoms with Gasteiger partial charge in [-0.2, -0.15) is 0 Å². The molecular weight excluding hydrogens is 769 g/mol. The molecule has 62 heavy (non-hydrogen) atoms. The maximum Gasteiger partial charge on any atom is 0.306 e. The van der Waals surface area contributed by atoms with Crippen molar-refractivity contribution in [2.24, 2.45) is 0 Å². The number of carbonyl (C=O) groups excluding carboxylic acids is 3. The van der Waals surface area contributed by atoms with Gasteiger partial charge in [0.15, 0.2) is 6.10 Å². The molecule has 0 spiro atoms. The molecule has 0 heterocycles. The third kappa shape index (κ3) is 47.9. The van der Waals surface area contributed by atoms with E-state index in [1.165, 1.54) is 122 Å². The van der Waals surface area contributed by atoms with Gasteiger partial charge in [-0.05, 0) is 57.8 Å². The van der Waals surface area contributed by atoms with E-state index in [0.717, 1.165) is 77.0 Å². The summed E-state index contributed by atoms with van der Waals surface area (Å²) in [5.41, 5.74) is 0. The molecule has 0 fully saturated rings. The lowest BCUT2D eigenvalue weighted by atomic mass is 10.0. The van der Waals surface area contributed by atoms with Crippen molar-refractivity contribution in [3.8, 4) is 0 Å². The predicted octanol–water partition coefficient (Wildman–Crippen LogP) is 17.0. The van der Waals surface area contributed by atoms with E-state index in [2.05, 4.69) is 69.4 Å². The molecule has 0 saturated carbocycles. The second-order valence-electron chi connectivity index (χ2n) is 17.1. The fourth-order valence-corrected chi connectivity index (χ4v) is 7.15. The Morgan fingerprint density at radius 2 is 0.726 bits per heavy atom. The molecule has 6 heteroatoms. The maximum atomic E-state index is 12.8. The van der Waals surface area contributed by atoms with Crippen LogP contribution in [-0.4, -0.2) is 37.2 Å². The Kier molecular flexibility index (Phi) is 47.9. The van der Waals surface area contributed by atoms with Crippen LogP contribution < -0.4 is 0 Å². The van der Waals surface area contributed by atoms with Crippen molar-refractivity contribution in [2.45, 2.75) is 252 Å². The topological polar surface area (TPSA) is 78.9 Å². The van der Waals surface area contributed by atoms with Crippen LogP contribution in [0.2, 0.25) is 0 Å². The van der Waals surface area contributed by atoms with Gasteiger partial charge in [0.25, 0.3) is 0 Å². The van der Waals surface area contributed by atoms with Crippen LogP contribution in [0, 0.1) is 0 Å². The molecule has 0 N–H and O–H groups in total. The minimum absolute atomic E-state index is 0.101. The zero-order valence-corrected chi connectivity index (χ0v) is 40.6. The van der Waals surface area contributed by atoms with Gasteiger partial charge in [0.05, 0.1) is 0 Å². The van der Waals surface area contributed by atoms with Crippen LogP contribution >= 0.6 is 0 Å². The van der Waals surface area contributed by atoms with Crippen LogP contribution in [0.4, 0.5) is 0 Å². The van der Waals surface area contributed by atoms with Crippen LogP contribution in [0.1, 0.15) is 245 Å². The quantitative estimate of drug-likeness (QED) is 0.0199. The molecule has 356 valence electrons. The standard InChI is InChI=1S/C56H96O6/c1-4-7-10-13-16-19-22-25-27-29-31-34-37-40-43-46-49-55(58)61-52-53(51-60-54(57)48-45-42-39-36-33-30-24-21-18-15-12-9-6-3)62-56(59)50-47-44-41-38-35-32-28-26-23-20-17-14-11-8-5-2/h8,11,14,17,20,23,26,28,30,33,39,42,53H,4-7,9-10,12-13,15-16,18-19,21-22,24-25,27,29,31-32,34-38,40-41,43-52H2,1-3H3/b11-8-,17-14-,23-20-,28-26-,33-30-,42-39-. The van der Waals surface area contributed by atoms with Crippen LogP contribution in [0.3, 0.4) is 0 Å². The molecule has 0 aliphatic carbocycles. The van der Waals surface area contributed by atoms with Gasteiger partial charge < -0.3 is 14.2 Å². The first-order chi connectivity index (χ1) is 30.5. The Bertz CT molecular complexity index is 1180. The molecule has 0 aromatic heterocycles. The lowest BCUT2D eigenvalue weighted by molar-refractivity contribution is -0.166. The fraction of sp³-hybridized carbons (Fsp3) is 0.732. The minimum atomic E-state index is -0.808.